The van der Waals surface area contributed by atoms with Crippen LogP contribution in [0.2, 0.25) is 0 Å². The van der Waals surface area contributed by atoms with Gasteiger partial charge in [-0.05, 0) is 32.1 Å². The molecule has 1 rings (SSSR count). The predicted molar refractivity (Wildman–Crippen MR) is 73.3 cm³/mol. The quantitative estimate of drug-likeness (QED) is 0.770. The third kappa shape index (κ3) is 5.52. The van der Waals surface area contributed by atoms with Gasteiger partial charge in [0, 0.05) is 19.5 Å². The van der Waals surface area contributed by atoms with Crippen LogP contribution in [0.4, 0.5) is 0 Å². The topological polar surface area (TPSA) is 69.6 Å². The highest BCUT2D eigenvalue weighted by atomic mass is 16.4. The molecule has 0 heterocycles. The molecule has 0 bridgehead atoms. The second kappa shape index (κ2) is 7.53. The summed E-state index contributed by atoms with van der Waals surface area (Å²) in [5.74, 6) is -0.948. The molecule has 0 radical (unpaired) electrons. The van der Waals surface area contributed by atoms with Crippen LogP contribution in [0.25, 0.3) is 0 Å². The largest absolute Gasteiger partial charge is 0.478 e. The predicted octanol–water partition coefficient (Wildman–Crippen LogP) is 0.995. The van der Waals surface area contributed by atoms with Crippen LogP contribution >= 0.6 is 0 Å². The number of nitrogens with one attached hydrogen (secondary N) is 1. The molecule has 5 nitrogen and oxygen atoms in total. The molecule has 5 heteroatoms. The van der Waals surface area contributed by atoms with E-state index >= 15 is 0 Å². The molecule has 0 unspecified atom stereocenters. The molecule has 1 amide bonds. The standard InChI is InChI=1S/C14H20N2O3/c1-16(2)10-8-13(17)15-9-7-11-5-3-4-6-12(11)14(18)19/h3-6H,7-10H2,1-2H3,(H,15,17)(H,18,19). The molecule has 1 aromatic carbocycles. The minimum atomic E-state index is -0.936. The molecule has 104 valence electrons. The van der Waals surface area contributed by atoms with E-state index in [4.69, 9.17) is 5.11 Å². The van der Waals surface area contributed by atoms with Gasteiger partial charge >= 0.3 is 5.97 Å². The zero-order valence-electron chi connectivity index (χ0n) is 11.3. The molecule has 0 aromatic heterocycles. The summed E-state index contributed by atoms with van der Waals surface area (Å²) in [6.07, 6.45) is 0.976. The van der Waals surface area contributed by atoms with Crippen molar-refractivity contribution in [2.75, 3.05) is 27.2 Å². The number of carboxylic acid groups (broad SMARTS) is 1. The number of benzene rings is 1. The lowest BCUT2D eigenvalue weighted by molar-refractivity contribution is -0.121. The average molecular weight is 264 g/mol. The van der Waals surface area contributed by atoms with Crippen molar-refractivity contribution in [3.05, 3.63) is 35.4 Å². The Morgan fingerprint density at radius 3 is 2.58 bits per heavy atom. The van der Waals surface area contributed by atoms with Crippen molar-refractivity contribution in [3.8, 4) is 0 Å². The van der Waals surface area contributed by atoms with E-state index in [0.29, 0.717) is 31.5 Å². The number of carbonyl (C=O) groups is 2. The number of hydrogen-bond acceptors (Lipinski definition) is 3. The van der Waals surface area contributed by atoms with Crippen LogP contribution in [-0.4, -0.2) is 49.1 Å². The molecule has 2 N–H and O–H groups in total. The molecule has 0 aliphatic carbocycles. The van der Waals surface area contributed by atoms with Gasteiger partial charge in [-0.3, -0.25) is 4.79 Å². The second-order valence-electron chi connectivity index (χ2n) is 4.62. The molecule has 0 saturated carbocycles. The first kappa shape index (κ1) is 15.2. The molecule has 0 saturated heterocycles. The first-order valence-electron chi connectivity index (χ1n) is 6.23. The normalized spacial score (nSPS) is 10.5. The zero-order chi connectivity index (χ0) is 14.3. The highest BCUT2D eigenvalue weighted by Crippen LogP contribution is 2.08. The number of amides is 1. The Bertz CT molecular complexity index is 444. The van der Waals surface area contributed by atoms with Crippen LogP contribution in [0.5, 0.6) is 0 Å². The van der Waals surface area contributed by atoms with Crippen molar-refractivity contribution < 1.29 is 14.7 Å². The van der Waals surface area contributed by atoms with Gasteiger partial charge in [-0.15, -0.1) is 0 Å². The van der Waals surface area contributed by atoms with Gasteiger partial charge in [-0.2, -0.15) is 0 Å². The maximum atomic E-state index is 11.5. The van der Waals surface area contributed by atoms with Crippen molar-refractivity contribution in [2.45, 2.75) is 12.8 Å². The maximum Gasteiger partial charge on any atom is 0.335 e. The minimum Gasteiger partial charge on any atom is -0.478 e. The summed E-state index contributed by atoms with van der Waals surface area (Å²) >= 11 is 0. The van der Waals surface area contributed by atoms with E-state index in [1.807, 2.05) is 19.0 Å². The molecule has 19 heavy (non-hydrogen) atoms. The first-order valence-corrected chi connectivity index (χ1v) is 6.23. The second-order valence-corrected chi connectivity index (χ2v) is 4.62. The lowest BCUT2D eigenvalue weighted by Gasteiger charge is -2.10. The third-order valence-electron chi connectivity index (χ3n) is 2.75. The fourth-order valence-electron chi connectivity index (χ4n) is 1.70. The highest BCUT2D eigenvalue weighted by Gasteiger charge is 2.09. The lowest BCUT2D eigenvalue weighted by Crippen LogP contribution is -2.29. The van der Waals surface area contributed by atoms with Crippen LogP contribution in [0, 0.1) is 0 Å². The average Bonchev–Trinajstić information content (AvgIpc) is 2.36. The number of carbonyl (C=O) groups excluding carboxylic acids is 1. The van der Waals surface area contributed by atoms with Crippen molar-refractivity contribution in [1.82, 2.24) is 10.2 Å². The van der Waals surface area contributed by atoms with Crippen molar-refractivity contribution in [1.29, 1.82) is 0 Å². The van der Waals surface area contributed by atoms with Gasteiger partial charge in [0.15, 0.2) is 0 Å². The molecule has 1 aromatic rings. The highest BCUT2D eigenvalue weighted by molar-refractivity contribution is 5.89. The summed E-state index contributed by atoms with van der Waals surface area (Å²) in [7, 11) is 3.83. The summed E-state index contributed by atoms with van der Waals surface area (Å²) in [4.78, 5) is 24.4. The van der Waals surface area contributed by atoms with Crippen LogP contribution in [0.15, 0.2) is 24.3 Å². The van der Waals surface area contributed by atoms with E-state index in [9.17, 15) is 9.59 Å². The Labute approximate surface area is 113 Å². The third-order valence-corrected chi connectivity index (χ3v) is 2.75. The molecule has 0 spiro atoms. The summed E-state index contributed by atoms with van der Waals surface area (Å²) in [6.45, 7) is 1.16. The summed E-state index contributed by atoms with van der Waals surface area (Å²) < 4.78 is 0. The van der Waals surface area contributed by atoms with Crippen molar-refractivity contribution in [2.24, 2.45) is 0 Å². The SMILES string of the molecule is CN(C)CCC(=O)NCCc1ccccc1C(=O)O. The van der Waals surface area contributed by atoms with Crippen LogP contribution in [-0.2, 0) is 11.2 Å². The van der Waals surface area contributed by atoms with Crippen LogP contribution in [0.3, 0.4) is 0 Å². The lowest BCUT2D eigenvalue weighted by atomic mass is 10.0. The molecular formula is C14H20N2O3. The summed E-state index contributed by atoms with van der Waals surface area (Å²) in [5.41, 5.74) is 1.04. The van der Waals surface area contributed by atoms with Gasteiger partial charge in [0.05, 0.1) is 5.56 Å². The zero-order valence-corrected chi connectivity index (χ0v) is 11.3. The van der Waals surface area contributed by atoms with E-state index in [-0.39, 0.29) is 5.91 Å². The number of carboxylic acids is 1. The molecular weight excluding hydrogens is 244 g/mol. The van der Waals surface area contributed by atoms with E-state index in [1.165, 1.54) is 0 Å². The van der Waals surface area contributed by atoms with Gasteiger partial charge in [-0.1, -0.05) is 18.2 Å². The molecule has 0 aliphatic rings. The number of rotatable bonds is 7. The Hall–Kier alpha value is -1.88. The minimum absolute atomic E-state index is 0.0125. The number of nitrogens with zero attached hydrogens (tertiary/aromatic N) is 1. The van der Waals surface area contributed by atoms with Gasteiger partial charge in [-0.25, -0.2) is 4.79 Å². The molecule has 0 atom stereocenters. The first-order chi connectivity index (χ1) is 9.00. The fourth-order valence-corrected chi connectivity index (χ4v) is 1.70. The Morgan fingerprint density at radius 2 is 1.95 bits per heavy atom. The van der Waals surface area contributed by atoms with Gasteiger partial charge < -0.3 is 15.3 Å². The smallest absolute Gasteiger partial charge is 0.335 e. The number of aromatic carboxylic acids is 1. The number of hydrogen-bond donors (Lipinski definition) is 2. The monoisotopic (exact) mass is 264 g/mol. The van der Waals surface area contributed by atoms with Crippen LogP contribution in [0.1, 0.15) is 22.3 Å². The van der Waals surface area contributed by atoms with Gasteiger partial charge in [0.2, 0.25) is 5.91 Å². The maximum absolute atomic E-state index is 11.5. The van der Waals surface area contributed by atoms with Crippen molar-refractivity contribution >= 4 is 11.9 Å². The van der Waals surface area contributed by atoms with Crippen LogP contribution < -0.4 is 5.32 Å². The summed E-state index contributed by atoms with van der Waals surface area (Å²) in [5, 5.41) is 11.8. The van der Waals surface area contributed by atoms with E-state index in [1.54, 1.807) is 24.3 Å². The van der Waals surface area contributed by atoms with Gasteiger partial charge in [0.1, 0.15) is 0 Å². The van der Waals surface area contributed by atoms with Crippen molar-refractivity contribution in [3.63, 3.8) is 0 Å². The Morgan fingerprint density at radius 1 is 1.26 bits per heavy atom. The fraction of sp³-hybridized carbons (Fsp3) is 0.429. The van der Waals surface area contributed by atoms with E-state index < -0.39 is 5.97 Å². The van der Waals surface area contributed by atoms with Gasteiger partial charge in [0.25, 0.3) is 0 Å². The molecule has 0 fully saturated rings. The summed E-state index contributed by atoms with van der Waals surface area (Å²) in [6, 6.07) is 6.85. The molecule has 0 aliphatic heterocycles. The van der Waals surface area contributed by atoms with E-state index in [0.717, 1.165) is 5.56 Å². The van der Waals surface area contributed by atoms with E-state index in [2.05, 4.69) is 5.32 Å². The Kier molecular flexibility index (Phi) is 6.02. The Balaban J connectivity index is 2.41.